The fourth-order valence-corrected chi connectivity index (χ4v) is 4.59. The summed E-state index contributed by atoms with van der Waals surface area (Å²) in [5, 5.41) is 0. The first kappa shape index (κ1) is 10.9. The van der Waals surface area contributed by atoms with Crippen molar-refractivity contribution in [2.24, 2.45) is 0 Å². The highest BCUT2D eigenvalue weighted by Crippen LogP contribution is 2.64. The fourth-order valence-electron chi connectivity index (χ4n) is 1.60. The van der Waals surface area contributed by atoms with Gasteiger partial charge in [0.15, 0.2) is 0 Å². The Kier molecular flexibility index (Phi) is 2.93. The molecule has 0 bridgehead atoms. The molecule has 4 nitrogen and oxygen atoms in total. The van der Waals surface area contributed by atoms with Gasteiger partial charge in [0.1, 0.15) is 0 Å². The second-order valence-electron chi connectivity index (χ2n) is 3.95. The highest BCUT2D eigenvalue weighted by molar-refractivity contribution is 7.54. The summed E-state index contributed by atoms with van der Waals surface area (Å²) in [6.07, 6.45) is 0. The molecule has 14 heavy (non-hydrogen) atoms. The first-order valence-electron chi connectivity index (χ1n) is 4.94. The highest BCUT2D eigenvalue weighted by atomic mass is 35.5. The van der Waals surface area contributed by atoms with Crippen molar-refractivity contribution in [1.82, 2.24) is 9.34 Å². The Labute approximate surface area is 89.7 Å². The van der Waals surface area contributed by atoms with Crippen molar-refractivity contribution < 1.29 is 9.09 Å². The van der Waals surface area contributed by atoms with Crippen molar-refractivity contribution in [1.29, 1.82) is 0 Å². The zero-order valence-corrected chi connectivity index (χ0v) is 10.2. The van der Waals surface area contributed by atoms with Crippen LogP contribution in [0.4, 0.5) is 0 Å². The van der Waals surface area contributed by atoms with E-state index in [9.17, 15) is 4.57 Å². The van der Waals surface area contributed by atoms with E-state index < -0.39 is 7.67 Å². The summed E-state index contributed by atoms with van der Waals surface area (Å²) in [4.78, 5) is 0. The van der Waals surface area contributed by atoms with Gasteiger partial charge in [-0.2, -0.15) is 0 Å². The van der Waals surface area contributed by atoms with Crippen molar-refractivity contribution in [2.75, 3.05) is 25.6 Å². The van der Waals surface area contributed by atoms with Crippen LogP contribution in [0.2, 0.25) is 0 Å². The molecule has 4 atom stereocenters. The SMILES string of the molecule is CC1CN1P(=O)(OCCCl)N1CC1C. The second-order valence-corrected chi connectivity index (χ2v) is 6.60. The molecule has 0 aromatic heterocycles. The zero-order valence-electron chi connectivity index (χ0n) is 8.52. The van der Waals surface area contributed by atoms with Crippen LogP contribution in [0.25, 0.3) is 0 Å². The Morgan fingerprint density at radius 1 is 1.36 bits per heavy atom. The summed E-state index contributed by atoms with van der Waals surface area (Å²) in [5.74, 6) is 0.397. The molecule has 6 heteroatoms. The van der Waals surface area contributed by atoms with Crippen LogP contribution < -0.4 is 0 Å². The molecule has 0 amide bonds. The third-order valence-electron chi connectivity index (χ3n) is 2.64. The van der Waals surface area contributed by atoms with Crippen LogP contribution in [0.3, 0.4) is 0 Å². The molecule has 0 aromatic carbocycles. The summed E-state index contributed by atoms with van der Waals surface area (Å²) in [7, 11) is -2.69. The van der Waals surface area contributed by atoms with Gasteiger partial charge in [0.05, 0.1) is 6.61 Å². The lowest BCUT2D eigenvalue weighted by Crippen LogP contribution is -2.12. The van der Waals surface area contributed by atoms with Crippen LogP contribution in [-0.4, -0.2) is 47.0 Å². The average molecular weight is 239 g/mol. The Morgan fingerprint density at radius 3 is 2.07 bits per heavy atom. The Hall–Kier alpha value is 0.400. The Morgan fingerprint density at radius 2 is 1.79 bits per heavy atom. The minimum atomic E-state index is -2.69. The number of rotatable bonds is 5. The van der Waals surface area contributed by atoms with Crippen LogP contribution in [0.5, 0.6) is 0 Å². The quantitative estimate of drug-likeness (QED) is 0.415. The molecule has 2 aliphatic rings. The topological polar surface area (TPSA) is 32.3 Å². The summed E-state index contributed by atoms with van der Waals surface area (Å²) < 4.78 is 21.8. The minimum Gasteiger partial charge on any atom is -0.305 e. The van der Waals surface area contributed by atoms with Gasteiger partial charge in [0.25, 0.3) is 0 Å². The normalized spacial score (nSPS) is 44.5. The monoisotopic (exact) mass is 238 g/mol. The third-order valence-corrected chi connectivity index (χ3v) is 5.73. The molecule has 0 radical (unpaired) electrons. The van der Waals surface area contributed by atoms with Gasteiger partial charge in [-0.15, -0.1) is 11.6 Å². The molecule has 4 unspecified atom stereocenters. The molecule has 2 saturated heterocycles. The van der Waals surface area contributed by atoms with E-state index in [0.717, 1.165) is 13.1 Å². The number of halogens is 1. The lowest BCUT2D eigenvalue weighted by molar-refractivity contribution is 0.285. The van der Waals surface area contributed by atoms with E-state index in [2.05, 4.69) is 13.8 Å². The van der Waals surface area contributed by atoms with E-state index in [1.54, 1.807) is 0 Å². The first-order chi connectivity index (χ1) is 6.59. The number of hydrogen-bond acceptors (Lipinski definition) is 2. The number of nitrogens with zero attached hydrogens (tertiary/aromatic N) is 2. The van der Waals surface area contributed by atoms with Crippen LogP contribution in [0, 0.1) is 0 Å². The van der Waals surface area contributed by atoms with Crippen molar-refractivity contribution in [3.8, 4) is 0 Å². The largest absolute Gasteiger partial charge is 0.346 e. The van der Waals surface area contributed by atoms with Crippen LogP contribution >= 0.6 is 19.3 Å². The lowest BCUT2D eigenvalue weighted by Gasteiger charge is -2.20. The smallest absolute Gasteiger partial charge is 0.305 e. The number of alkyl halides is 1. The molecule has 2 rings (SSSR count). The molecule has 2 aliphatic heterocycles. The van der Waals surface area contributed by atoms with Gasteiger partial charge in [-0.25, -0.2) is 9.34 Å². The summed E-state index contributed by atoms with van der Waals surface area (Å²) in [5.41, 5.74) is 0. The predicted octanol–water partition coefficient (Wildman–Crippen LogP) is 1.76. The standard InChI is InChI=1S/C8H16ClN2O2P/c1-7-5-10(7)14(12,13-4-3-9)11-6-8(11)2/h7-8H,3-6H2,1-2H3. The van der Waals surface area contributed by atoms with Crippen LogP contribution in [-0.2, 0) is 9.09 Å². The maximum Gasteiger partial charge on any atom is 0.346 e. The van der Waals surface area contributed by atoms with Crippen LogP contribution in [0.15, 0.2) is 0 Å². The predicted molar refractivity (Wildman–Crippen MR) is 56.6 cm³/mol. The van der Waals surface area contributed by atoms with Gasteiger partial charge >= 0.3 is 7.67 Å². The van der Waals surface area contributed by atoms with Gasteiger partial charge in [0, 0.05) is 31.1 Å². The molecule has 0 aliphatic carbocycles. The Balaban J connectivity index is 2.01. The van der Waals surface area contributed by atoms with Gasteiger partial charge in [-0.05, 0) is 13.8 Å². The van der Waals surface area contributed by atoms with E-state index in [1.807, 2.05) is 9.34 Å². The summed E-state index contributed by atoms with van der Waals surface area (Å²) in [6, 6.07) is 0.785. The van der Waals surface area contributed by atoms with Crippen LogP contribution in [0.1, 0.15) is 13.8 Å². The third kappa shape index (κ3) is 1.86. The van der Waals surface area contributed by atoms with Crippen molar-refractivity contribution >= 4 is 19.3 Å². The van der Waals surface area contributed by atoms with E-state index in [4.69, 9.17) is 16.1 Å². The molecular formula is C8H16ClN2O2P. The molecular weight excluding hydrogens is 223 g/mol. The molecule has 0 spiro atoms. The maximum absolute atomic E-state index is 12.5. The van der Waals surface area contributed by atoms with E-state index in [1.165, 1.54) is 0 Å². The highest BCUT2D eigenvalue weighted by Gasteiger charge is 2.56. The van der Waals surface area contributed by atoms with Crippen molar-refractivity contribution in [3.63, 3.8) is 0 Å². The molecule has 2 fully saturated rings. The minimum absolute atomic E-state index is 0.366. The lowest BCUT2D eigenvalue weighted by atomic mass is 10.6. The molecule has 2 heterocycles. The summed E-state index contributed by atoms with van der Waals surface area (Å²) >= 11 is 5.55. The van der Waals surface area contributed by atoms with Gasteiger partial charge in [-0.1, -0.05) is 0 Å². The second kappa shape index (κ2) is 3.76. The van der Waals surface area contributed by atoms with E-state index >= 15 is 0 Å². The average Bonchev–Trinajstić information content (AvgIpc) is 3.01. The maximum atomic E-state index is 12.5. The van der Waals surface area contributed by atoms with E-state index in [-0.39, 0.29) is 0 Å². The molecule has 0 aromatic rings. The molecule has 0 saturated carbocycles. The van der Waals surface area contributed by atoms with Crippen molar-refractivity contribution in [3.05, 3.63) is 0 Å². The number of hydrogen-bond donors (Lipinski definition) is 0. The van der Waals surface area contributed by atoms with Crippen molar-refractivity contribution in [2.45, 2.75) is 25.9 Å². The van der Waals surface area contributed by atoms with Gasteiger partial charge < -0.3 is 4.52 Å². The van der Waals surface area contributed by atoms with Gasteiger partial charge in [-0.3, -0.25) is 4.57 Å². The molecule has 0 N–H and O–H groups in total. The fraction of sp³-hybridized carbons (Fsp3) is 1.00. The zero-order chi connectivity index (χ0) is 10.3. The first-order valence-corrected chi connectivity index (χ1v) is 7.01. The molecule has 82 valence electrons. The Bertz CT molecular complexity index is 256. The van der Waals surface area contributed by atoms with Gasteiger partial charge in [0.2, 0.25) is 0 Å². The van der Waals surface area contributed by atoms with E-state index in [0.29, 0.717) is 24.6 Å². The summed E-state index contributed by atoms with van der Waals surface area (Å²) in [6.45, 7) is 6.24.